The van der Waals surface area contributed by atoms with Crippen LogP contribution in [0.5, 0.6) is 0 Å². The number of hydrogen-bond acceptors (Lipinski definition) is 2. The van der Waals surface area contributed by atoms with Crippen LogP contribution in [0.3, 0.4) is 0 Å². The van der Waals surface area contributed by atoms with Gasteiger partial charge in [0.2, 0.25) is 0 Å². The molecule has 1 aromatic heterocycles. The molecule has 0 saturated heterocycles. The van der Waals surface area contributed by atoms with Gasteiger partial charge in [-0.15, -0.1) is 0 Å². The molecule has 0 fully saturated rings. The van der Waals surface area contributed by atoms with Gasteiger partial charge in [-0.05, 0) is 49.8 Å². The summed E-state index contributed by atoms with van der Waals surface area (Å²) in [6, 6.07) is 3.86. The van der Waals surface area contributed by atoms with E-state index in [9.17, 15) is 5.11 Å². The number of aliphatic hydroxyl groups excluding tert-OH is 1. The monoisotopic (exact) mass is 220 g/mol. The standard InChI is InChI=1S/C14H20O2/c15-14(10-9-13-8-5-11-16-13)12-6-3-1-2-4-7-12/h5-6,8,11,14-15H,1-4,7,9-10H2. The van der Waals surface area contributed by atoms with Crippen LogP contribution in [0.4, 0.5) is 0 Å². The Labute approximate surface area is 97.0 Å². The molecule has 88 valence electrons. The minimum atomic E-state index is -0.275. The van der Waals surface area contributed by atoms with Crippen molar-refractivity contribution < 1.29 is 9.52 Å². The molecule has 0 amide bonds. The van der Waals surface area contributed by atoms with E-state index in [1.807, 2.05) is 12.1 Å². The van der Waals surface area contributed by atoms with Crippen LogP contribution in [-0.2, 0) is 6.42 Å². The first-order chi connectivity index (χ1) is 7.86. The van der Waals surface area contributed by atoms with Gasteiger partial charge in [-0.25, -0.2) is 0 Å². The highest BCUT2D eigenvalue weighted by Crippen LogP contribution is 2.22. The maximum absolute atomic E-state index is 10.1. The Balaban J connectivity index is 1.82. The molecule has 16 heavy (non-hydrogen) atoms. The fourth-order valence-electron chi connectivity index (χ4n) is 2.26. The molecule has 0 bridgehead atoms. The molecular weight excluding hydrogens is 200 g/mol. The number of furan rings is 1. The van der Waals surface area contributed by atoms with E-state index in [1.165, 1.54) is 24.8 Å². The molecule has 0 aromatic carbocycles. The van der Waals surface area contributed by atoms with Crippen molar-refractivity contribution in [3.05, 3.63) is 35.8 Å². The highest BCUT2D eigenvalue weighted by atomic mass is 16.3. The van der Waals surface area contributed by atoms with Gasteiger partial charge < -0.3 is 9.52 Å². The van der Waals surface area contributed by atoms with Crippen LogP contribution in [0.2, 0.25) is 0 Å². The normalized spacial score (nSPS) is 18.9. The Morgan fingerprint density at radius 3 is 3.06 bits per heavy atom. The van der Waals surface area contributed by atoms with E-state index in [2.05, 4.69) is 6.08 Å². The fraction of sp³-hybridized carbons (Fsp3) is 0.571. The van der Waals surface area contributed by atoms with Crippen LogP contribution < -0.4 is 0 Å². The van der Waals surface area contributed by atoms with Crippen molar-refractivity contribution in [2.75, 3.05) is 0 Å². The minimum absolute atomic E-state index is 0.275. The van der Waals surface area contributed by atoms with Crippen molar-refractivity contribution in [3.8, 4) is 0 Å². The van der Waals surface area contributed by atoms with Crippen LogP contribution in [-0.4, -0.2) is 11.2 Å². The van der Waals surface area contributed by atoms with E-state index in [0.717, 1.165) is 31.4 Å². The highest BCUT2D eigenvalue weighted by molar-refractivity contribution is 5.10. The number of allylic oxidation sites excluding steroid dienone is 1. The summed E-state index contributed by atoms with van der Waals surface area (Å²) in [5.74, 6) is 0.966. The lowest BCUT2D eigenvalue weighted by atomic mass is 10.00. The van der Waals surface area contributed by atoms with Gasteiger partial charge >= 0.3 is 0 Å². The molecule has 1 atom stereocenters. The first-order valence-electron chi connectivity index (χ1n) is 6.25. The van der Waals surface area contributed by atoms with Gasteiger partial charge in [0.25, 0.3) is 0 Å². The molecule has 0 aliphatic heterocycles. The summed E-state index contributed by atoms with van der Waals surface area (Å²) in [5, 5.41) is 10.1. The molecule has 1 aromatic rings. The predicted octanol–water partition coefficient (Wildman–Crippen LogP) is 3.46. The van der Waals surface area contributed by atoms with Gasteiger partial charge in [0.1, 0.15) is 5.76 Å². The molecule has 2 nitrogen and oxygen atoms in total. The quantitative estimate of drug-likeness (QED) is 0.788. The summed E-state index contributed by atoms with van der Waals surface area (Å²) in [6.07, 6.45) is 11.2. The molecule has 2 heteroatoms. The first kappa shape index (κ1) is 11.5. The smallest absolute Gasteiger partial charge is 0.103 e. The molecule has 0 radical (unpaired) electrons. The van der Waals surface area contributed by atoms with Gasteiger partial charge in [-0.3, -0.25) is 0 Å². The lowest BCUT2D eigenvalue weighted by Gasteiger charge is -2.13. The molecule has 1 unspecified atom stereocenters. The number of rotatable bonds is 4. The molecule has 1 heterocycles. The topological polar surface area (TPSA) is 33.4 Å². The summed E-state index contributed by atoms with van der Waals surface area (Å²) in [4.78, 5) is 0. The zero-order valence-corrected chi connectivity index (χ0v) is 9.69. The summed E-state index contributed by atoms with van der Waals surface area (Å²) in [7, 11) is 0. The number of aliphatic hydroxyl groups is 1. The van der Waals surface area contributed by atoms with Gasteiger partial charge in [0.05, 0.1) is 12.4 Å². The summed E-state index contributed by atoms with van der Waals surface area (Å²) in [5.41, 5.74) is 1.24. The highest BCUT2D eigenvalue weighted by Gasteiger charge is 2.13. The van der Waals surface area contributed by atoms with Gasteiger partial charge in [-0.1, -0.05) is 12.5 Å². The predicted molar refractivity (Wildman–Crippen MR) is 64.2 cm³/mol. The second-order valence-electron chi connectivity index (χ2n) is 4.51. The molecule has 1 N–H and O–H groups in total. The molecule has 2 rings (SSSR count). The van der Waals surface area contributed by atoms with E-state index in [4.69, 9.17) is 4.42 Å². The average Bonchev–Trinajstić information content (AvgIpc) is 2.66. The second kappa shape index (κ2) is 5.90. The van der Waals surface area contributed by atoms with Crippen molar-refractivity contribution in [2.24, 2.45) is 0 Å². The van der Waals surface area contributed by atoms with Crippen LogP contribution in [0, 0.1) is 0 Å². The van der Waals surface area contributed by atoms with E-state index < -0.39 is 0 Å². The summed E-state index contributed by atoms with van der Waals surface area (Å²) in [6.45, 7) is 0. The average molecular weight is 220 g/mol. The second-order valence-corrected chi connectivity index (χ2v) is 4.51. The molecule has 0 saturated carbocycles. The SMILES string of the molecule is OC(CCc1ccco1)C1=CCCCCC1. The maximum atomic E-state index is 10.1. The van der Waals surface area contributed by atoms with E-state index >= 15 is 0 Å². The van der Waals surface area contributed by atoms with Crippen molar-refractivity contribution in [3.63, 3.8) is 0 Å². The van der Waals surface area contributed by atoms with Crippen molar-refractivity contribution in [1.29, 1.82) is 0 Å². The van der Waals surface area contributed by atoms with Gasteiger partial charge in [0, 0.05) is 6.42 Å². The van der Waals surface area contributed by atoms with Crippen LogP contribution in [0.25, 0.3) is 0 Å². The van der Waals surface area contributed by atoms with E-state index in [-0.39, 0.29) is 6.10 Å². The third-order valence-corrected chi connectivity index (χ3v) is 3.25. The minimum Gasteiger partial charge on any atom is -0.469 e. The number of hydrogen-bond donors (Lipinski definition) is 1. The van der Waals surface area contributed by atoms with Gasteiger partial charge in [0.15, 0.2) is 0 Å². The Bertz CT molecular complexity index is 325. The largest absolute Gasteiger partial charge is 0.469 e. The lowest BCUT2D eigenvalue weighted by Crippen LogP contribution is -2.11. The van der Waals surface area contributed by atoms with Crippen LogP contribution in [0.15, 0.2) is 34.5 Å². The Morgan fingerprint density at radius 1 is 1.31 bits per heavy atom. The third-order valence-electron chi connectivity index (χ3n) is 3.25. The van der Waals surface area contributed by atoms with Crippen molar-refractivity contribution in [1.82, 2.24) is 0 Å². The van der Waals surface area contributed by atoms with Crippen molar-refractivity contribution in [2.45, 2.75) is 51.0 Å². The van der Waals surface area contributed by atoms with Gasteiger partial charge in [-0.2, -0.15) is 0 Å². The third kappa shape index (κ3) is 3.24. The van der Waals surface area contributed by atoms with Crippen molar-refractivity contribution >= 4 is 0 Å². The molecule has 1 aliphatic carbocycles. The lowest BCUT2D eigenvalue weighted by molar-refractivity contribution is 0.193. The molecule has 1 aliphatic rings. The van der Waals surface area contributed by atoms with E-state index in [0.29, 0.717) is 0 Å². The zero-order chi connectivity index (χ0) is 11.2. The Hall–Kier alpha value is -1.02. The Kier molecular flexibility index (Phi) is 4.23. The fourth-order valence-corrected chi connectivity index (χ4v) is 2.26. The molecule has 0 spiro atoms. The first-order valence-corrected chi connectivity index (χ1v) is 6.25. The summed E-state index contributed by atoms with van der Waals surface area (Å²) < 4.78 is 5.27. The van der Waals surface area contributed by atoms with E-state index in [1.54, 1.807) is 6.26 Å². The Morgan fingerprint density at radius 2 is 2.25 bits per heavy atom. The van der Waals surface area contributed by atoms with Crippen LogP contribution >= 0.6 is 0 Å². The van der Waals surface area contributed by atoms with Crippen LogP contribution in [0.1, 0.15) is 44.3 Å². The summed E-state index contributed by atoms with van der Waals surface area (Å²) >= 11 is 0. The molecular formula is C14H20O2. The zero-order valence-electron chi connectivity index (χ0n) is 9.69. The maximum Gasteiger partial charge on any atom is 0.103 e. The number of aryl methyl sites for hydroxylation is 1.